The standard InChI is InChI=1S/C31H30F2N4O9/c1-15(38)34-9-19-10-36(30(42)46-19)17-4-5-24(22(32)6-17)45-14-31(43)8-18-12-44-28-25-20(7-23(33)26(28)37(18)13-31)27(39)21(29(40)41)11-35(25)16-2-3-16/h4-7,11,16,18-19,43H,2-3,8-10,12-14H2,1H3,(H,34,38)(H,40,41)/t18-,19-,31-/m0/s1. The maximum absolute atomic E-state index is 15.7. The molecule has 0 bridgehead atoms. The number of carboxylic acids is 1. The molecule has 3 aromatic rings. The van der Waals surface area contributed by atoms with Gasteiger partial charge in [-0.25, -0.2) is 18.4 Å². The highest BCUT2D eigenvalue weighted by Crippen LogP contribution is 2.48. The minimum Gasteiger partial charge on any atom is -0.487 e. The maximum atomic E-state index is 15.7. The van der Waals surface area contributed by atoms with Gasteiger partial charge in [0.2, 0.25) is 11.3 Å². The van der Waals surface area contributed by atoms with Crippen LogP contribution in [0, 0.1) is 11.6 Å². The Morgan fingerprint density at radius 2 is 1.93 bits per heavy atom. The molecule has 3 aliphatic heterocycles. The van der Waals surface area contributed by atoms with Crippen molar-refractivity contribution in [1.82, 2.24) is 9.88 Å². The Labute approximate surface area is 259 Å². The number of aromatic carboxylic acids is 1. The van der Waals surface area contributed by atoms with E-state index in [4.69, 9.17) is 14.2 Å². The van der Waals surface area contributed by atoms with E-state index in [1.807, 2.05) is 0 Å². The zero-order valence-corrected chi connectivity index (χ0v) is 24.6. The van der Waals surface area contributed by atoms with Gasteiger partial charge in [-0.05, 0) is 31.0 Å². The molecule has 3 fully saturated rings. The zero-order chi connectivity index (χ0) is 32.5. The minimum atomic E-state index is -1.53. The molecule has 13 nitrogen and oxygen atoms in total. The number of carbonyl (C=O) groups excluding carboxylic acids is 2. The van der Waals surface area contributed by atoms with Crippen molar-refractivity contribution in [2.75, 3.05) is 42.6 Å². The number of carboxylic acid groups (broad SMARTS) is 1. The predicted octanol–water partition coefficient (Wildman–Crippen LogP) is 2.56. The number of ether oxygens (including phenoxy) is 3. The Bertz CT molecular complexity index is 1860. The molecule has 2 aromatic carbocycles. The minimum absolute atomic E-state index is 0.0523. The third kappa shape index (κ3) is 5.13. The van der Waals surface area contributed by atoms with E-state index < -0.39 is 52.4 Å². The molecule has 1 aromatic heterocycles. The number of amides is 2. The molecule has 3 atom stereocenters. The lowest BCUT2D eigenvalue weighted by Crippen LogP contribution is -2.41. The quantitative estimate of drug-likeness (QED) is 0.334. The van der Waals surface area contributed by atoms with E-state index >= 15 is 8.78 Å². The molecule has 0 radical (unpaired) electrons. The molecule has 1 saturated carbocycles. The van der Waals surface area contributed by atoms with Crippen molar-refractivity contribution in [2.45, 2.75) is 50.0 Å². The summed E-state index contributed by atoms with van der Waals surface area (Å²) < 4.78 is 49.4. The number of rotatable bonds is 8. The first-order valence-electron chi connectivity index (χ1n) is 14.8. The Kier molecular flexibility index (Phi) is 7.03. The van der Waals surface area contributed by atoms with Gasteiger partial charge in [-0.1, -0.05) is 0 Å². The van der Waals surface area contributed by atoms with Gasteiger partial charge in [0.1, 0.15) is 36.2 Å². The summed E-state index contributed by atoms with van der Waals surface area (Å²) in [7, 11) is 0. The molecule has 242 valence electrons. The van der Waals surface area contributed by atoms with Crippen LogP contribution < -0.4 is 30.0 Å². The van der Waals surface area contributed by atoms with Gasteiger partial charge in [0.05, 0.1) is 42.3 Å². The van der Waals surface area contributed by atoms with E-state index in [1.165, 1.54) is 30.2 Å². The summed E-state index contributed by atoms with van der Waals surface area (Å²) >= 11 is 0. The van der Waals surface area contributed by atoms with Gasteiger partial charge in [-0.2, -0.15) is 0 Å². The summed E-state index contributed by atoms with van der Waals surface area (Å²) in [4.78, 5) is 51.1. The molecule has 2 amide bonds. The van der Waals surface area contributed by atoms with Crippen molar-refractivity contribution < 1.29 is 47.6 Å². The van der Waals surface area contributed by atoms with Crippen LogP contribution >= 0.6 is 0 Å². The van der Waals surface area contributed by atoms with Gasteiger partial charge in [-0.3, -0.25) is 14.5 Å². The monoisotopic (exact) mass is 640 g/mol. The van der Waals surface area contributed by atoms with Crippen molar-refractivity contribution >= 4 is 40.2 Å². The van der Waals surface area contributed by atoms with Crippen LogP contribution in [0.25, 0.3) is 10.9 Å². The molecule has 0 spiro atoms. The third-order valence-corrected chi connectivity index (χ3v) is 8.77. The molecule has 4 heterocycles. The Balaban J connectivity index is 1.10. The van der Waals surface area contributed by atoms with Crippen molar-refractivity contribution in [3.05, 3.63) is 57.9 Å². The van der Waals surface area contributed by atoms with Crippen LogP contribution in [0.15, 0.2) is 35.3 Å². The molecule has 1 aliphatic carbocycles. The van der Waals surface area contributed by atoms with E-state index in [9.17, 15) is 29.4 Å². The van der Waals surface area contributed by atoms with Crippen LogP contribution in [0.5, 0.6) is 11.5 Å². The van der Waals surface area contributed by atoms with Crippen molar-refractivity contribution in [2.24, 2.45) is 0 Å². The second kappa shape index (κ2) is 10.9. The molecule has 7 rings (SSSR count). The zero-order valence-electron chi connectivity index (χ0n) is 24.6. The Morgan fingerprint density at radius 3 is 2.63 bits per heavy atom. The number of aliphatic hydroxyl groups is 1. The molecule has 46 heavy (non-hydrogen) atoms. The largest absolute Gasteiger partial charge is 0.487 e. The van der Waals surface area contributed by atoms with Gasteiger partial charge in [0, 0.05) is 31.6 Å². The predicted molar refractivity (Wildman–Crippen MR) is 158 cm³/mol. The highest BCUT2D eigenvalue weighted by atomic mass is 19.1. The number of nitrogens with one attached hydrogen (secondary N) is 1. The van der Waals surface area contributed by atoms with Crippen LogP contribution in [0.2, 0.25) is 0 Å². The molecule has 15 heteroatoms. The second-order valence-electron chi connectivity index (χ2n) is 12.2. The summed E-state index contributed by atoms with van der Waals surface area (Å²) in [5, 5.41) is 23.5. The summed E-state index contributed by atoms with van der Waals surface area (Å²) in [6.07, 6.45) is 1.66. The number of halogens is 2. The van der Waals surface area contributed by atoms with Gasteiger partial charge >= 0.3 is 12.1 Å². The number of anilines is 2. The summed E-state index contributed by atoms with van der Waals surface area (Å²) in [6.45, 7) is 1.23. The lowest BCUT2D eigenvalue weighted by molar-refractivity contribution is -0.119. The normalized spacial score (nSPS) is 23.5. The molecular weight excluding hydrogens is 610 g/mol. The summed E-state index contributed by atoms with van der Waals surface area (Å²) in [5.41, 5.74) is -2.19. The van der Waals surface area contributed by atoms with Crippen LogP contribution in [-0.2, 0) is 9.53 Å². The fourth-order valence-electron chi connectivity index (χ4n) is 6.48. The van der Waals surface area contributed by atoms with Gasteiger partial charge in [-0.15, -0.1) is 0 Å². The molecule has 0 unspecified atom stereocenters. The molecule has 3 N–H and O–H groups in total. The van der Waals surface area contributed by atoms with Crippen molar-refractivity contribution in [3.8, 4) is 11.5 Å². The first-order valence-corrected chi connectivity index (χ1v) is 14.8. The molecule has 2 saturated heterocycles. The van der Waals surface area contributed by atoms with Crippen LogP contribution in [-0.4, -0.2) is 83.3 Å². The molecule has 4 aliphatic rings. The van der Waals surface area contributed by atoms with E-state index in [1.54, 1.807) is 9.47 Å². The number of hydrogen-bond donors (Lipinski definition) is 3. The fourth-order valence-corrected chi connectivity index (χ4v) is 6.48. The topological polar surface area (TPSA) is 160 Å². The van der Waals surface area contributed by atoms with Crippen LogP contribution in [0.4, 0.5) is 25.0 Å². The molecular formula is C31H30F2N4O9. The third-order valence-electron chi connectivity index (χ3n) is 8.77. The SMILES string of the molecule is CC(=O)NC[C@H]1CN(c2ccc(OC[C@]3(O)C[C@H]4COc5c(c(F)cc6c(=O)c(C(=O)O)cn(C7CC7)c56)N4C3)c(F)c2)C(=O)O1. The van der Waals surface area contributed by atoms with Gasteiger partial charge in [0.15, 0.2) is 23.1 Å². The number of aromatic nitrogens is 1. The van der Waals surface area contributed by atoms with Gasteiger partial charge < -0.3 is 39.2 Å². The van der Waals surface area contributed by atoms with Crippen LogP contribution in [0.1, 0.15) is 42.6 Å². The average Bonchev–Trinajstić information content (AvgIpc) is 3.69. The number of fused-ring (bicyclic) bond motifs is 5. The van der Waals surface area contributed by atoms with Crippen molar-refractivity contribution in [3.63, 3.8) is 0 Å². The Hall–Kier alpha value is -4.92. The summed E-state index contributed by atoms with van der Waals surface area (Å²) in [6, 6.07) is 4.43. The van der Waals surface area contributed by atoms with E-state index in [2.05, 4.69) is 5.32 Å². The number of nitrogens with zero attached hydrogens (tertiary/aromatic N) is 3. The number of hydrogen-bond acceptors (Lipinski definition) is 9. The number of cyclic esters (lactones) is 1. The smallest absolute Gasteiger partial charge is 0.414 e. The maximum Gasteiger partial charge on any atom is 0.414 e. The highest BCUT2D eigenvalue weighted by Gasteiger charge is 2.48. The van der Waals surface area contributed by atoms with Gasteiger partial charge in [0.25, 0.3) is 0 Å². The number of carbonyl (C=O) groups is 3. The van der Waals surface area contributed by atoms with E-state index in [0.29, 0.717) is 5.52 Å². The average molecular weight is 641 g/mol. The highest BCUT2D eigenvalue weighted by molar-refractivity contribution is 5.97. The number of benzene rings is 2. The van der Waals surface area contributed by atoms with Crippen molar-refractivity contribution in [1.29, 1.82) is 0 Å². The first kappa shape index (κ1) is 29.8. The second-order valence-corrected chi connectivity index (χ2v) is 12.2. The van der Waals surface area contributed by atoms with E-state index in [-0.39, 0.29) is 79.5 Å². The lowest BCUT2D eigenvalue weighted by atomic mass is 10.0. The van der Waals surface area contributed by atoms with E-state index in [0.717, 1.165) is 25.0 Å². The number of pyridine rings is 1. The first-order chi connectivity index (χ1) is 21.9. The van der Waals surface area contributed by atoms with Crippen LogP contribution in [0.3, 0.4) is 0 Å². The Morgan fingerprint density at radius 1 is 1.15 bits per heavy atom. The summed E-state index contributed by atoms with van der Waals surface area (Å²) in [5.74, 6) is -3.30. The fraction of sp³-hybridized carbons (Fsp3) is 0.419. The lowest BCUT2D eigenvalue weighted by Gasteiger charge is -2.34.